The van der Waals surface area contributed by atoms with Crippen molar-refractivity contribution >= 4 is 35.4 Å². The molecule has 0 saturated carbocycles. The highest BCUT2D eigenvalue weighted by atomic mass is 16.5. The molecule has 1 fully saturated rings. The lowest BCUT2D eigenvalue weighted by molar-refractivity contribution is -0.149. The molecule has 1 saturated heterocycles. The molecule has 1 aromatic rings. The van der Waals surface area contributed by atoms with Crippen LogP contribution in [0, 0.1) is 35.5 Å². The van der Waals surface area contributed by atoms with Crippen LogP contribution in [0.15, 0.2) is 30.3 Å². The molecule has 2 rings (SSSR count). The van der Waals surface area contributed by atoms with Crippen molar-refractivity contribution in [1.82, 2.24) is 14.7 Å². The molecule has 316 valence electrons. The molecule has 0 unspecified atom stereocenters. The molecule has 3 amide bonds. The van der Waals surface area contributed by atoms with Crippen LogP contribution in [-0.2, 0) is 44.6 Å². The molecule has 1 N–H and O–H groups in total. The number of carboxylic acids is 1. The van der Waals surface area contributed by atoms with E-state index in [1.807, 2.05) is 71.9 Å². The van der Waals surface area contributed by atoms with Gasteiger partial charge in [0, 0.05) is 59.5 Å². The number of benzene rings is 1. The van der Waals surface area contributed by atoms with Crippen molar-refractivity contribution in [2.24, 2.45) is 35.5 Å². The minimum Gasteiger partial charge on any atom is -0.481 e. The van der Waals surface area contributed by atoms with Gasteiger partial charge in [0.1, 0.15) is 5.78 Å². The van der Waals surface area contributed by atoms with Crippen molar-refractivity contribution < 1.29 is 48.1 Å². The molecule has 13 heteroatoms. The van der Waals surface area contributed by atoms with E-state index in [0.717, 1.165) is 5.56 Å². The summed E-state index contributed by atoms with van der Waals surface area (Å²) in [5.74, 6) is -4.66. The van der Waals surface area contributed by atoms with E-state index in [-0.39, 0.29) is 66.8 Å². The largest absolute Gasteiger partial charge is 0.481 e. The van der Waals surface area contributed by atoms with Gasteiger partial charge in [0.05, 0.1) is 49.8 Å². The quantitative estimate of drug-likeness (QED) is 0.144. The number of hydrogen-bond donors (Lipinski definition) is 1. The van der Waals surface area contributed by atoms with E-state index in [1.165, 1.54) is 33.3 Å². The predicted octanol–water partition coefficient (Wildman–Crippen LogP) is 5.76. The molecule has 0 spiro atoms. The zero-order chi connectivity index (χ0) is 42.4. The fraction of sp³-hybridized carbons (Fsp3) is 0.721. The van der Waals surface area contributed by atoms with E-state index in [2.05, 4.69) is 0 Å². The number of likely N-dealkylation sites (tertiary alicyclic amines) is 1. The summed E-state index contributed by atoms with van der Waals surface area (Å²) in [4.78, 5) is 85.1. The van der Waals surface area contributed by atoms with Crippen molar-refractivity contribution in [3.05, 3.63) is 35.9 Å². The molecule has 13 nitrogen and oxygen atoms in total. The van der Waals surface area contributed by atoms with Crippen molar-refractivity contribution in [3.8, 4) is 0 Å². The number of hydrogen-bond acceptors (Lipinski definition) is 9. The number of amides is 3. The van der Waals surface area contributed by atoms with Crippen LogP contribution in [0.25, 0.3) is 0 Å². The van der Waals surface area contributed by atoms with Gasteiger partial charge in [-0.15, -0.1) is 0 Å². The monoisotopic (exact) mass is 787 g/mol. The Bertz CT molecular complexity index is 1450. The normalized spacial score (nSPS) is 18.7. The summed E-state index contributed by atoms with van der Waals surface area (Å²) in [5.41, 5.74) is 0.836. The fourth-order valence-electron chi connectivity index (χ4n) is 8.41. The average Bonchev–Trinajstić information content (AvgIpc) is 3.65. The van der Waals surface area contributed by atoms with E-state index in [4.69, 9.17) is 14.2 Å². The van der Waals surface area contributed by atoms with Crippen LogP contribution in [0.5, 0.6) is 0 Å². The zero-order valence-electron chi connectivity index (χ0n) is 35.9. The number of ether oxygens (including phenoxy) is 3. The number of carbonyl (C=O) groups excluding carboxylic acids is 5. The van der Waals surface area contributed by atoms with Crippen LogP contribution in [0.2, 0.25) is 0 Å². The summed E-state index contributed by atoms with van der Waals surface area (Å²) in [6.07, 6.45) is 0.0405. The topological polar surface area (TPSA) is 160 Å². The molecule has 0 bridgehead atoms. The Morgan fingerprint density at radius 1 is 0.839 bits per heavy atom. The standard InChI is InChI=1S/C43H69N3O10/c1-13-28(6)39(44(8)41(50)32(26(2)3)24-35(48)38(27(4)5)45(9)43(53)56-12)36(54-10)25-37(49)46-21-17-20-33(46)40(55-11)29(7)34(47)23-31(42(51)52)22-30-18-15-14-16-19-30/h14-16,18-19,26-29,31-33,36,38-40H,13,17,20-25H2,1-12H3,(H,51,52)/t28-,29-,31+,32-,33-,36+,38-,39-,40+/m0/s1. The third kappa shape index (κ3) is 12.6. The highest BCUT2D eigenvalue weighted by molar-refractivity contribution is 5.92. The van der Waals surface area contributed by atoms with Crippen molar-refractivity contribution in [1.29, 1.82) is 0 Å². The van der Waals surface area contributed by atoms with Crippen LogP contribution < -0.4 is 0 Å². The third-order valence-corrected chi connectivity index (χ3v) is 11.9. The molecular formula is C43H69N3O10. The first-order valence-corrected chi connectivity index (χ1v) is 20.1. The summed E-state index contributed by atoms with van der Waals surface area (Å²) in [6, 6.07) is 7.53. The van der Waals surface area contributed by atoms with Gasteiger partial charge in [-0.1, -0.05) is 85.2 Å². The van der Waals surface area contributed by atoms with E-state index in [0.29, 0.717) is 25.8 Å². The highest BCUT2D eigenvalue weighted by Gasteiger charge is 2.43. The first kappa shape index (κ1) is 48.3. The smallest absolute Gasteiger partial charge is 0.409 e. The fourth-order valence-corrected chi connectivity index (χ4v) is 8.41. The second-order valence-electron chi connectivity index (χ2n) is 16.3. The number of carbonyl (C=O) groups is 6. The lowest BCUT2D eigenvalue weighted by Gasteiger charge is -2.41. The van der Waals surface area contributed by atoms with Gasteiger partial charge < -0.3 is 34.0 Å². The highest BCUT2D eigenvalue weighted by Crippen LogP contribution is 2.32. The van der Waals surface area contributed by atoms with E-state index < -0.39 is 60.1 Å². The van der Waals surface area contributed by atoms with E-state index in [9.17, 15) is 33.9 Å². The molecule has 1 aliphatic rings. The molecule has 0 aromatic heterocycles. The number of carboxylic acid groups (broad SMARTS) is 1. The molecule has 1 aliphatic heterocycles. The van der Waals surface area contributed by atoms with Gasteiger partial charge in [0.25, 0.3) is 0 Å². The number of ketones is 2. The van der Waals surface area contributed by atoms with Gasteiger partial charge in [0.2, 0.25) is 11.8 Å². The molecule has 1 heterocycles. The second-order valence-corrected chi connectivity index (χ2v) is 16.3. The van der Waals surface area contributed by atoms with Crippen LogP contribution in [0.4, 0.5) is 4.79 Å². The molecule has 56 heavy (non-hydrogen) atoms. The first-order valence-electron chi connectivity index (χ1n) is 20.1. The Balaban J connectivity index is 2.29. The Morgan fingerprint density at radius 3 is 1.96 bits per heavy atom. The maximum atomic E-state index is 14.4. The molecular weight excluding hydrogens is 718 g/mol. The Labute approximate surface area is 334 Å². The minimum absolute atomic E-state index is 0.0266. The number of aliphatic carboxylic acids is 1. The Hall–Kier alpha value is -3.84. The first-order chi connectivity index (χ1) is 26.4. The molecule has 9 atom stereocenters. The minimum atomic E-state index is -1.04. The average molecular weight is 788 g/mol. The predicted molar refractivity (Wildman–Crippen MR) is 214 cm³/mol. The lowest BCUT2D eigenvalue weighted by Crippen LogP contribution is -2.54. The van der Waals surface area contributed by atoms with Crippen molar-refractivity contribution in [3.63, 3.8) is 0 Å². The molecule has 0 aliphatic carbocycles. The van der Waals surface area contributed by atoms with Crippen molar-refractivity contribution in [2.75, 3.05) is 42.0 Å². The summed E-state index contributed by atoms with van der Waals surface area (Å²) >= 11 is 0. The zero-order valence-corrected chi connectivity index (χ0v) is 35.9. The van der Waals surface area contributed by atoms with Gasteiger partial charge in [0.15, 0.2) is 5.78 Å². The summed E-state index contributed by atoms with van der Waals surface area (Å²) in [6.45, 7) is 13.7. The summed E-state index contributed by atoms with van der Waals surface area (Å²) in [5, 5.41) is 9.95. The van der Waals surface area contributed by atoms with E-state index >= 15 is 0 Å². The van der Waals surface area contributed by atoms with E-state index in [1.54, 1.807) is 23.8 Å². The van der Waals surface area contributed by atoms with Gasteiger partial charge in [-0.05, 0) is 42.6 Å². The lowest BCUT2D eigenvalue weighted by atomic mass is 9.83. The number of methoxy groups -OCH3 is 3. The number of Topliss-reactive ketones (excluding diaryl/α,β-unsaturated/α-hetero) is 2. The van der Waals surface area contributed by atoms with Gasteiger partial charge >= 0.3 is 12.1 Å². The molecule has 0 radical (unpaired) electrons. The summed E-state index contributed by atoms with van der Waals surface area (Å²) in [7, 11) is 7.52. The van der Waals surface area contributed by atoms with Crippen LogP contribution >= 0.6 is 0 Å². The number of rotatable bonds is 23. The van der Waals surface area contributed by atoms with Gasteiger partial charge in [-0.2, -0.15) is 0 Å². The van der Waals surface area contributed by atoms with Crippen LogP contribution in [-0.4, -0.2) is 128 Å². The van der Waals surface area contributed by atoms with Crippen LogP contribution in [0.3, 0.4) is 0 Å². The second kappa shape index (κ2) is 22.8. The van der Waals surface area contributed by atoms with Gasteiger partial charge in [-0.3, -0.25) is 24.0 Å². The van der Waals surface area contributed by atoms with Crippen molar-refractivity contribution in [2.45, 2.75) is 124 Å². The SMILES string of the molecule is CC[C@H](C)[C@@H]([C@@H](CC(=O)N1CCC[C@H]1[C@H](OC)[C@@H](C)C(=O)C[C@@H](Cc1ccccc1)C(=O)O)OC)N(C)C(=O)[C@@H](CC(=O)[C@H](C(C)C)N(C)C(=O)OC)C(C)C. The van der Waals surface area contributed by atoms with Gasteiger partial charge in [-0.25, -0.2) is 4.79 Å². The molecule has 1 aromatic carbocycles. The third-order valence-electron chi connectivity index (χ3n) is 11.9. The summed E-state index contributed by atoms with van der Waals surface area (Å²) < 4.78 is 16.8. The number of nitrogens with zero attached hydrogens (tertiary/aromatic N) is 3. The maximum absolute atomic E-state index is 14.4. The Morgan fingerprint density at radius 2 is 1.46 bits per heavy atom. The number of likely N-dealkylation sites (N-methyl/N-ethyl adjacent to an activating group) is 2. The van der Waals surface area contributed by atoms with Crippen LogP contribution in [0.1, 0.15) is 92.6 Å². The Kier molecular flexibility index (Phi) is 19.7. The maximum Gasteiger partial charge on any atom is 0.409 e.